The molecule has 0 aliphatic heterocycles. The number of amides is 2. The first-order chi connectivity index (χ1) is 19.3. The molecule has 41 heavy (non-hydrogen) atoms. The molecular weight excluding hydrogens is 581 g/mol. The monoisotopic (exact) mass is 617 g/mol. The Morgan fingerprint density at radius 3 is 2.22 bits per heavy atom. The molecule has 3 aromatic rings. The highest BCUT2D eigenvalue weighted by molar-refractivity contribution is 7.92. The van der Waals surface area contributed by atoms with E-state index in [2.05, 4.69) is 5.32 Å². The zero-order chi connectivity index (χ0) is 30.3. The predicted molar refractivity (Wildman–Crippen MR) is 166 cm³/mol. The van der Waals surface area contributed by atoms with Crippen LogP contribution < -0.4 is 9.62 Å². The largest absolute Gasteiger partial charge is 0.354 e. The van der Waals surface area contributed by atoms with Crippen molar-refractivity contribution < 1.29 is 18.0 Å². The molecule has 2 amide bonds. The van der Waals surface area contributed by atoms with Crippen molar-refractivity contribution in [3.63, 3.8) is 0 Å². The Morgan fingerprint density at radius 2 is 1.61 bits per heavy atom. The number of nitrogens with one attached hydrogen (secondary N) is 1. The van der Waals surface area contributed by atoms with E-state index >= 15 is 0 Å². The Hall–Kier alpha value is -3.07. The van der Waals surface area contributed by atoms with Crippen LogP contribution in [0, 0.1) is 19.8 Å². The summed E-state index contributed by atoms with van der Waals surface area (Å²) in [5.41, 5.74) is 2.76. The molecule has 0 radical (unpaired) electrons. The Morgan fingerprint density at radius 1 is 0.951 bits per heavy atom. The number of benzene rings is 3. The van der Waals surface area contributed by atoms with Gasteiger partial charge >= 0.3 is 0 Å². The van der Waals surface area contributed by atoms with Gasteiger partial charge < -0.3 is 10.2 Å². The number of hydrogen-bond donors (Lipinski definition) is 1. The van der Waals surface area contributed by atoms with E-state index in [1.807, 2.05) is 58.9 Å². The summed E-state index contributed by atoms with van der Waals surface area (Å²) in [6.45, 7) is 9.57. The molecule has 0 bridgehead atoms. The smallest absolute Gasteiger partial charge is 0.264 e. The maximum Gasteiger partial charge on any atom is 0.264 e. The molecule has 3 rings (SSSR count). The van der Waals surface area contributed by atoms with Crippen LogP contribution in [0.4, 0.5) is 5.69 Å². The maximum atomic E-state index is 14.2. The first-order valence-corrected chi connectivity index (χ1v) is 15.7. The van der Waals surface area contributed by atoms with Gasteiger partial charge in [0.2, 0.25) is 11.8 Å². The van der Waals surface area contributed by atoms with Gasteiger partial charge in [0.1, 0.15) is 12.6 Å². The van der Waals surface area contributed by atoms with Crippen molar-refractivity contribution in [2.45, 2.75) is 58.5 Å². The topological polar surface area (TPSA) is 86.8 Å². The van der Waals surface area contributed by atoms with Gasteiger partial charge in [0.25, 0.3) is 10.0 Å². The Bertz CT molecular complexity index is 1480. The third kappa shape index (κ3) is 8.24. The Balaban J connectivity index is 2.10. The second kappa shape index (κ2) is 14.2. The number of hydrogen-bond acceptors (Lipinski definition) is 4. The molecule has 1 N–H and O–H groups in total. The molecule has 0 saturated heterocycles. The molecule has 0 aliphatic rings. The third-order valence-corrected chi connectivity index (χ3v) is 9.07. The molecule has 0 heterocycles. The summed E-state index contributed by atoms with van der Waals surface area (Å²) < 4.78 is 29.0. The van der Waals surface area contributed by atoms with Crippen LogP contribution in [-0.2, 0) is 26.2 Å². The second-order valence-corrected chi connectivity index (χ2v) is 13.1. The minimum Gasteiger partial charge on any atom is -0.354 e. The van der Waals surface area contributed by atoms with Crippen LogP contribution in [0.15, 0.2) is 71.6 Å². The standard InChI is InChI=1S/C31H37Cl2N3O4S/c1-6-28(31(38)34-18-21(2)3)35(19-24-10-8-7-9-23(24)5)30(37)20-36(29-17-25(32)13-16-27(29)33)41(39,40)26-14-11-22(4)12-15-26/h7-17,21,28H,6,18-20H2,1-5H3,(H,34,38). The molecule has 0 aliphatic carbocycles. The van der Waals surface area contributed by atoms with Crippen LogP contribution in [0.2, 0.25) is 10.0 Å². The molecule has 220 valence electrons. The van der Waals surface area contributed by atoms with Crippen molar-refractivity contribution in [2.24, 2.45) is 5.92 Å². The van der Waals surface area contributed by atoms with Gasteiger partial charge in [-0.3, -0.25) is 13.9 Å². The summed E-state index contributed by atoms with van der Waals surface area (Å²) >= 11 is 12.7. The summed E-state index contributed by atoms with van der Waals surface area (Å²) in [7, 11) is -4.25. The fourth-order valence-electron chi connectivity index (χ4n) is 4.34. The molecule has 0 spiro atoms. The van der Waals surface area contributed by atoms with Crippen molar-refractivity contribution in [1.82, 2.24) is 10.2 Å². The lowest BCUT2D eigenvalue weighted by Crippen LogP contribution is -2.52. The van der Waals surface area contributed by atoms with E-state index in [1.165, 1.54) is 29.2 Å². The van der Waals surface area contributed by atoms with E-state index in [9.17, 15) is 18.0 Å². The van der Waals surface area contributed by atoms with Crippen LogP contribution in [0.5, 0.6) is 0 Å². The summed E-state index contributed by atoms with van der Waals surface area (Å²) in [6.07, 6.45) is 0.337. The zero-order valence-electron chi connectivity index (χ0n) is 24.0. The number of anilines is 1. The maximum absolute atomic E-state index is 14.2. The van der Waals surface area contributed by atoms with Crippen molar-refractivity contribution in [2.75, 3.05) is 17.4 Å². The average Bonchev–Trinajstić information content (AvgIpc) is 2.93. The minimum absolute atomic E-state index is 0.000820. The van der Waals surface area contributed by atoms with Crippen molar-refractivity contribution in [1.29, 1.82) is 0 Å². The quantitative estimate of drug-likeness (QED) is 0.255. The molecule has 1 atom stereocenters. The van der Waals surface area contributed by atoms with Gasteiger partial charge in [-0.1, -0.05) is 85.9 Å². The van der Waals surface area contributed by atoms with Crippen molar-refractivity contribution in [3.8, 4) is 0 Å². The Labute approximate surface area is 253 Å². The minimum atomic E-state index is -4.25. The van der Waals surface area contributed by atoms with E-state index in [-0.39, 0.29) is 39.0 Å². The summed E-state index contributed by atoms with van der Waals surface area (Å²) in [5, 5.41) is 3.31. The first-order valence-electron chi connectivity index (χ1n) is 13.5. The number of carbonyl (C=O) groups excluding carboxylic acids is 2. The van der Waals surface area contributed by atoms with Crippen LogP contribution in [0.25, 0.3) is 0 Å². The van der Waals surface area contributed by atoms with E-state index in [0.717, 1.165) is 21.0 Å². The number of carbonyl (C=O) groups is 2. The van der Waals surface area contributed by atoms with Crippen LogP contribution in [-0.4, -0.2) is 44.3 Å². The molecular formula is C31H37Cl2N3O4S. The van der Waals surface area contributed by atoms with E-state index in [0.29, 0.717) is 13.0 Å². The van der Waals surface area contributed by atoms with Gasteiger partial charge in [0.05, 0.1) is 15.6 Å². The molecule has 7 nitrogen and oxygen atoms in total. The van der Waals surface area contributed by atoms with Gasteiger partial charge in [-0.15, -0.1) is 0 Å². The van der Waals surface area contributed by atoms with Crippen LogP contribution >= 0.6 is 23.2 Å². The summed E-state index contributed by atoms with van der Waals surface area (Å²) in [5.74, 6) is -0.625. The predicted octanol–water partition coefficient (Wildman–Crippen LogP) is 6.39. The van der Waals surface area contributed by atoms with Gasteiger partial charge in [-0.25, -0.2) is 8.42 Å². The molecule has 1 unspecified atom stereocenters. The molecule has 0 fully saturated rings. The lowest BCUT2D eigenvalue weighted by Gasteiger charge is -2.34. The summed E-state index contributed by atoms with van der Waals surface area (Å²) in [6, 6.07) is 17.6. The van der Waals surface area contributed by atoms with Gasteiger partial charge in [0.15, 0.2) is 0 Å². The lowest BCUT2D eigenvalue weighted by molar-refractivity contribution is -0.140. The van der Waals surface area contributed by atoms with Gasteiger partial charge in [-0.2, -0.15) is 0 Å². The van der Waals surface area contributed by atoms with E-state index in [4.69, 9.17) is 23.2 Å². The number of sulfonamides is 1. The average molecular weight is 619 g/mol. The normalized spacial score (nSPS) is 12.2. The van der Waals surface area contributed by atoms with Crippen molar-refractivity contribution >= 4 is 50.7 Å². The fraction of sp³-hybridized carbons (Fsp3) is 0.355. The fourth-order valence-corrected chi connectivity index (χ4v) is 6.20. The highest BCUT2D eigenvalue weighted by Gasteiger charge is 2.34. The molecule has 10 heteroatoms. The van der Waals surface area contributed by atoms with E-state index in [1.54, 1.807) is 18.2 Å². The number of nitrogens with zero attached hydrogens (tertiary/aromatic N) is 2. The number of halogens is 2. The van der Waals surface area contributed by atoms with E-state index < -0.39 is 28.5 Å². The number of rotatable bonds is 12. The highest BCUT2D eigenvalue weighted by Crippen LogP contribution is 2.33. The van der Waals surface area contributed by atoms with Crippen molar-refractivity contribution in [3.05, 3.63) is 93.5 Å². The molecule has 0 aromatic heterocycles. The van der Waals surface area contributed by atoms with Crippen LogP contribution in [0.1, 0.15) is 43.9 Å². The lowest BCUT2D eigenvalue weighted by atomic mass is 10.1. The Kier molecular flexibility index (Phi) is 11.2. The highest BCUT2D eigenvalue weighted by atomic mass is 35.5. The molecule has 0 saturated carbocycles. The third-order valence-electron chi connectivity index (χ3n) is 6.74. The second-order valence-electron chi connectivity index (χ2n) is 10.4. The van der Waals surface area contributed by atoms with Crippen LogP contribution in [0.3, 0.4) is 0 Å². The SMILES string of the molecule is CCC(C(=O)NCC(C)C)N(Cc1ccccc1C)C(=O)CN(c1cc(Cl)ccc1Cl)S(=O)(=O)c1ccc(C)cc1. The first kappa shape index (κ1) is 32.4. The number of aryl methyl sites for hydroxylation is 2. The molecule has 3 aromatic carbocycles. The summed E-state index contributed by atoms with van der Waals surface area (Å²) in [4.78, 5) is 29.0. The van der Waals surface area contributed by atoms with Gasteiger partial charge in [0, 0.05) is 18.1 Å². The van der Waals surface area contributed by atoms with Gasteiger partial charge in [-0.05, 0) is 67.6 Å². The zero-order valence-corrected chi connectivity index (χ0v) is 26.4.